The molecule has 3 aromatic carbocycles. The number of aromatic nitrogens is 1. The van der Waals surface area contributed by atoms with Gasteiger partial charge in [0.15, 0.2) is 0 Å². The van der Waals surface area contributed by atoms with E-state index in [1.54, 1.807) is 19.2 Å². The monoisotopic (exact) mass is 681 g/mol. The summed E-state index contributed by atoms with van der Waals surface area (Å²) in [4.78, 5) is 15.1. The van der Waals surface area contributed by atoms with Crippen LogP contribution in [0.3, 0.4) is 0 Å². The number of piperazine rings is 1. The predicted octanol–water partition coefficient (Wildman–Crippen LogP) is 7.22. The molecule has 2 atom stereocenters. The molecule has 2 saturated heterocycles. The van der Waals surface area contributed by atoms with E-state index in [9.17, 15) is 4.39 Å². The number of methoxy groups -OCH3 is 1. The Hall–Kier alpha value is -3.92. The highest BCUT2D eigenvalue weighted by atomic mass is 19.1. The number of morpholine rings is 1. The van der Waals surface area contributed by atoms with Gasteiger partial charge in [0, 0.05) is 57.4 Å². The van der Waals surface area contributed by atoms with Gasteiger partial charge in [0.2, 0.25) is 11.8 Å². The van der Waals surface area contributed by atoms with Crippen LogP contribution < -0.4 is 14.5 Å². The molecule has 50 heavy (non-hydrogen) atoms. The first-order valence-electron chi connectivity index (χ1n) is 18.4. The molecule has 0 amide bonds. The predicted molar refractivity (Wildman–Crippen MR) is 197 cm³/mol. The second kappa shape index (κ2) is 16.0. The Labute approximate surface area is 296 Å². The van der Waals surface area contributed by atoms with E-state index in [1.807, 2.05) is 18.2 Å². The molecule has 0 bridgehead atoms. The van der Waals surface area contributed by atoms with E-state index in [2.05, 4.69) is 82.2 Å². The molecular formula is C41H52FN5O3. The second-order valence-electron chi connectivity index (χ2n) is 14.4. The minimum atomic E-state index is -0.164. The van der Waals surface area contributed by atoms with Gasteiger partial charge < -0.3 is 28.6 Å². The summed E-state index contributed by atoms with van der Waals surface area (Å²) in [6, 6.07) is 26.5. The van der Waals surface area contributed by atoms with Gasteiger partial charge in [-0.1, -0.05) is 42.5 Å². The summed E-state index contributed by atoms with van der Waals surface area (Å²) in [5.41, 5.74) is 4.55. The van der Waals surface area contributed by atoms with Crippen LogP contribution in [0, 0.1) is 17.7 Å². The molecule has 1 aliphatic carbocycles. The Kier molecular flexibility index (Phi) is 11.0. The summed E-state index contributed by atoms with van der Waals surface area (Å²) in [5.74, 6) is 3.34. The molecule has 266 valence electrons. The van der Waals surface area contributed by atoms with Crippen molar-refractivity contribution >= 4 is 11.6 Å². The van der Waals surface area contributed by atoms with Gasteiger partial charge in [-0.05, 0) is 99.1 Å². The maximum absolute atomic E-state index is 14.3. The average molecular weight is 682 g/mol. The average Bonchev–Trinajstić information content (AvgIpc) is 3.56. The van der Waals surface area contributed by atoms with Crippen molar-refractivity contribution in [3.63, 3.8) is 0 Å². The minimum Gasteiger partial charge on any atom is -0.497 e. The van der Waals surface area contributed by atoms with E-state index in [1.165, 1.54) is 11.3 Å². The number of ether oxygens (including phenoxy) is 2. The van der Waals surface area contributed by atoms with Gasteiger partial charge in [-0.25, -0.2) is 9.37 Å². The fourth-order valence-electron chi connectivity index (χ4n) is 8.57. The molecule has 3 heterocycles. The number of anilines is 2. The van der Waals surface area contributed by atoms with Crippen molar-refractivity contribution in [3.05, 3.63) is 107 Å². The lowest BCUT2D eigenvalue weighted by Crippen LogP contribution is -2.49. The lowest BCUT2D eigenvalue weighted by molar-refractivity contribution is 0.0636. The fourth-order valence-corrected chi connectivity index (χ4v) is 8.57. The number of halogens is 1. The first kappa shape index (κ1) is 34.5. The zero-order valence-electron chi connectivity index (χ0n) is 29.8. The molecule has 8 nitrogen and oxygen atoms in total. The number of rotatable bonds is 11. The minimum absolute atomic E-state index is 0.0882. The van der Waals surface area contributed by atoms with E-state index >= 15 is 0 Å². The molecule has 2 unspecified atom stereocenters. The van der Waals surface area contributed by atoms with Crippen molar-refractivity contribution in [1.82, 2.24) is 14.8 Å². The van der Waals surface area contributed by atoms with Crippen molar-refractivity contribution in [3.8, 4) is 5.75 Å². The molecule has 1 saturated carbocycles. The number of hydrogen-bond donors (Lipinski definition) is 0. The highest BCUT2D eigenvalue weighted by molar-refractivity contribution is 5.49. The third-order valence-electron chi connectivity index (χ3n) is 11.1. The van der Waals surface area contributed by atoms with Crippen LogP contribution in [0.5, 0.6) is 5.75 Å². The quantitative estimate of drug-likeness (QED) is 0.165. The summed E-state index contributed by atoms with van der Waals surface area (Å²) in [7, 11) is 5.96. The van der Waals surface area contributed by atoms with Gasteiger partial charge in [-0.3, -0.25) is 4.90 Å². The number of benzene rings is 3. The third-order valence-corrected chi connectivity index (χ3v) is 11.1. The van der Waals surface area contributed by atoms with Gasteiger partial charge in [0.1, 0.15) is 17.3 Å². The standard InChI is InChI=1S/C41H52FN5O3/c1-44(2)38(33-10-7-11-34(42)29-33)31-12-14-32(15-13-31)39(46-22-20-45(21-23-46)35-16-18-36(48-3)19-17-35)40-43-37(28-30-8-5-4-6-9-30)41(50-40)47-24-26-49-27-25-47/h4-11,16-19,29,31-32,38-39H,12-15,20-28H2,1-3H3. The van der Waals surface area contributed by atoms with Crippen molar-refractivity contribution in [2.45, 2.75) is 44.2 Å². The van der Waals surface area contributed by atoms with Gasteiger partial charge in [-0.15, -0.1) is 0 Å². The molecule has 0 radical (unpaired) electrons. The molecule has 3 aliphatic rings. The summed E-state index contributed by atoms with van der Waals surface area (Å²) >= 11 is 0. The molecule has 0 N–H and O–H groups in total. The Morgan fingerprint density at radius 2 is 1.52 bits per heavy atom. The van der Waals surface area contributed by atoms with E-state index in [0.717, 1.165) is 100 Å². The number of nitrogens with zero attached hydrogens (tertiary/aromatic N) is 5. The summed E-state index contributed by atoms with van der Waals surface area (Å²) < 4.78 is 32.4. The number of hydrogen-bond acceptors (Lipinski definition) is 8. The van der Waals surface area contributed by atoms with E-state index < -0.39 is 0 Å². The number of oxazole rings is 1. The van der Waals surface area contributed by atoms with Gasteiger partial charge in [-0.2, -0.15) is 0 Å². The molecular weight excluding hydrogens is 629 g/mol. The molecule has 7 rings (SSSR count). The van der Waals surface area contributed by atoms with Crippen LogP contribution in [0.2, 0.25) is 0 Å². The maximum Gasteiger partial charge on any atom is 0.220 e. The first-order valence-corrected chi connectivity index (χ1v) is 18.4. The van der Waals surface area contributed by atoms with Gasteiger partial charge in [0.25, 0.3) is 0 Å². The summed E-state index contributed by atoms with van der Waals surface area (Å²) in [5, 5.41) is 0. The van der Waals surface area contributed by atoms with Crippen LogP contribution in [-0.4, -0.2) is 88.5 Å². The highest BCUT2D eigenvalue weighted by Crippen LogP contribution is 2.46. The Morgan fingerprint density at radius 1 is 0.820 bits per heavy atom. The van der Waals surface area contributed by atoms with Crippen molar-refractivity contribution in [2.24, 2.45) is 11.8 Å². The van der Waals surface area contributed by atoms with Crippen molar-refractivity contribution < 1.29 is 18.3 Å². The van der Waals surface area contributed by atoms with Crippen LogP contribution in [-0.2, 0) is 11.2 Å². The van der Waals surface area contributed by atoms with E-state index in [0.29, 0.717) is 25.0 Å². The highest BCUT2D eigenvalue weighted by Gasteiger charge is 2.40. The van der Waals surface area contributed by atoms with Crippen LogP contribution >= 0.6 is 0 Å². The fraction of sp³-hybridized carbons (Fsp3) is 0.488. The smallest absolute Gasteiger partial charge is 0.220 e. The maximum atomic E-state index is 14.3. The lowest BCUT2D eigenvalue weighted by atomic mass is 9.73. The van der Waals surface area contributed by atoms with Crippen molar-refractivity contribution in [1.29, 1.82) is 0 Å². The second-order valence-corrected chi connectivity index (χ2v) is 14.4. The molecule has 9 heteroatoms. The van der Waals surface area contributed by atoms with Crippen LogP contribution in [0.1, 0.15) is 60.5 Å². The Balaban J connectivity index is 1.16. The molecule has 0 spiro atoms. The lowest BCUT2D eigenvalue weighted by Gasteiger charge is -2.44. The van der Waals surface area contributed by atoms with Crippen molar-refractivity contribution in [2.75, 3.05) is 83.5 Å². The molecule has 1 aromatic heterocycles. The SMILES string of the molecule is COc1ccc(N2CCN(C(c3nc(Cc4ccccc4)c(N4CCOCC4)o3)C3CCC(C(c4cccc(F)c4)N(C)C)CC3)CC2)cc1. The van der Waals surface area contributed by atoms with Gasteiger partial charge >= 0.3 is 0 Å². The first-order chi connectivity index (χ1) is 24.5. The molecule has 2 aliphatic heterocycles. The van der Waals surface area contributed by atoms with Crippen LogP contribution in [0.25, 0.3) is 0 Å². The van der Waals surface area contributed by atoms with Crippen LogP contribution in [0.15, 0.2) is 83.3 Å². The summed E-state index contributed by atoms with van der Waals surface area (Å²) in [6.45, 7) is 6.74. The van der Waals surface area contributed by atoms with Crippen LogP contribution in [0.4, 0.5) is 16.0 Å². The Morgan fingerprint density at radius 3 is 2.18 bits per heavy atom. The molecule has 4 aromatic rings. The Bertz CT molecular complexity index is 1640. The van der Waals surface area contributed by atoms with E-state index in [-0.39, 0.29) is 17.9 Å². The van der Waals surface area contributed by atoms with Gasteiger partial charge in [0.05, 0.1) is 26.4 Å². The largest absolute Gasteiger partial charge is 0.497 e. The van der Waals surface area contributed by atoms with E-state index in [4.69, 9.17) is 18.9 Å². The topological polar surface area (TPSA) is 57.5 Å². The zero-order chi connectivity index (χ0) is 34.5. The summed E-state index contributed by atoms with van der Waals surface area (Å²) in [6.07, 6.45) is 5.06. The third kappa shape index (κ3) is 7.85. The zero-order valence-corrected chi connectivity index (χ0v) is 29.8. The normalized spacial score (nSPS) is 21.7. The molecule has 3 fully saturated rings.